The normalized spacial score (nSPS) is 11.3. The maximum atomic E-state index is 12.6. The largest absolute Gasteiger partial charge is 0.484 e. The molecule has 0 bridgehead atoms. The average molecular weight is 548 g/mol. The van der Waals surface area contributed by atoms with Crippen LogP contribution in [0.2, 0.25) is 0 Å². The number of hydrazone groups is 2. The molecule has 0 aliphatic heterocycles. The van der Waals surface area contributed by atoms with E-state index in [-0.39, 0.29) is 12.5 Å². The maximum absolute atomic E-state index is 12.6. The van der Waals surface area contributed by atoms with E-state index in [1.165, 1.54) is 0 Å². The summed E-state index contributed by atoms with van der Waals surface area (Å²) in [7, 11) is 0. The van der Waals surface area contributed by atoms with Crippen LogP contribution in [0.4, 0.5) is 0 Å². The Hall–Kier alpha value is -5.64. The molecule has 0 aliphatic carbocycles. The molecule has 10 heteroatoms. The third-order valence-corrected chi connectivity index (χ3v) is 6.14. The number of amides is 2. The third kappa shape index (κ3) is 6.51. The first-order valence-electron chi connectivity index (χ1n) is 13.2. The highest BCUT2D eigenvalue weighted by atomic mass is 16.5. The monoisotopic (exact) mass is 547 g/mol. The summed E-state index contributed by atoms with van der Waals surface area (Å²) in [4.78, 5) is 34.1. The Morgan fingerprint density at radius 3 is 2.00 bits per heavy atom. The van der Waals surface area contributed by atoms with E-state index in [1.54, 1.807) is 36.7 Å². The minimum Gasteiger partial charge on any atom is -0.484 e. The number of fused-ring (bicyclic) bond motifs is 3. The Morgan fingerprint density at radius 1 is 0.732 bits per heavy atom. The number of nitrogens with zero attached hydrogens (tertiary/aromatic N) is 2. The summed E-state index contributed by atoms with van der Waals surface area (Å²) >= 11 is 0. The second kappa shape index (κ2) is 12.5. The number of aromatic nitrogens is 3. The van der Waals surface area contributed by atoms with Crippen molar-refractivity contribution in [2.24, 2.45) is 10.2 Å². The van der Waals surface area contributed by atoms with E-state index in [0.29, 0.717) is 11.4 Å². The van der Waals surface area contributed by atoms with Crippen molar-refractivity contribution < 1.29 is 14.3 Å². The molecule has 0 unspecified atom stereocenters. The van der Waals surface area contributed by atoms with Gasteiger partial charge in [0, 0.05) is 34.3 Å². The molecule has 10 nitrogen and oxygen atoms in total. The van der Waals surface area contributed by atoms with E-state index >= 15 is 0 Å². The predicted molar refractivity (Wildman–Crippen MR) is 163 cm³/mol. The number of ether oxygens (including phenoxy) is 1. The number of H-pyrrole nitrogens is 3. The van der Waals surface area contributed by atoms with Gasteiger partial charge in [0.25, 0.3) is 11.8 Å². The van der Waals surface area contributed by atoms with Crippen LogP contribution in [-0.2, 0) is 4.79 Å². The summed E-state index contributed by atoms with van der Waals surface area (Å²) < 4.78 is 5.60. The summed E-state index contributed by atoms with van der Waals surface area (Å²) in [5.74, 6) is -0.277. The second-order valence-corrected chi connectivity index (χ2v) is 8.86. The standard InChI is InChI=1S/C29H23N7O3.C2H6/c37-28(35-32-15-18-1-4-24-20(11-18)7-9-30-24)17-39-23-3-6-26-22(13-23)14-27(34-26)29(38)36-33-16-19-2-5-25-21(12-19)8-10-31-25;1-2/h1-16,30-31,34H,17H2,(H,35,37)(H,36,38);1-2H3/b32-15+,33-16+;. The van der Waals surface area contributed by atoms with Crippen molar-refractivity contribution in [3.05, 3.63) is 102 Å². The van der Waals surface area contributed by atoms with Crippen LogP contribution in [0.5, 0.6) is 5.75 Å². The fraction of sp³-hybridized carbons (Fsp3) is 0.0968. The summed E-state index contributed by atoms with van der Waals surface area (Å²) in [6.07, 6.45) is 6.91. The first-order valence-corrected chi connectivity index (χ1v) is 13.2. The van der Waals surface area contributed by atoms with Gasteiger partial charge in [-0.3, -0.25) is 9.59 Å². The van der Waals surface area contributed by atoms with Gasteiger partial charge in [-0.2, -0.15) is 10.2 Å². The van der Waals surface area contributed by atoms with Crippen molar-refractivity contribution >= 4 is 57.0 Å². The van der Waals surface area contributed by atoms with Crippen LogP contribution < -0.4 is 15.6 Å². The number of nitrogens with one attached hydrogen (secondary N) is 5. The minimum atomic E-state index is -0.392. The lowest BCUT2D eigenvalue weighted by Gasteiger charge is -2.05. The molecule has 41 heavy (non-hydrogen) atoms. The number of aromatic amines is 3. The molecule has 0 aliphatic rings. The van der Waals surface area contributed by atoms with Gasteiger partial charge in [0.1, 0.15) is 11.4 Å². The summed E-state index contributed by atoms with van der Waals surface area (Å²) in [5, 5.41) is 10.9. The van der Waals surface area contributed by atoms with Gasteiger partial charge >= 0.3 is 0 Å². The second-order valence-electron chi connectivity index (χ2n) is 8.86. The highest BCUT2D eigenvalue weighted by molar-refractivity contribution is 5.99. The summed E-state index contributed by atoms with van der Waals surface area (Å²) in [6.45, 7) is 3.79. The lowest BCUT2D eigenvalue weighted by molar-refractivity contribution is -0.123. The Balaban J connectivity index is 0.00000165. The molecular formula is C31H29N7O3. The van der Waals surface area contributed by atoms with Crippen molar-refractivity contribution in [2.75, 3.05) is 6.61 Å². The van der Waals surface area contributed by atoms with E-state index in [0.717, 1.165) is 43.8 Å². The fourth-order valence-electron chi connectivity index (χ4n) is 4.21. The highest BCUT2D eigenvalue weighted by Crippen LogP contribution is 2.22. The molecule has 0 atom stereocenters. The first-order chi connectivity index (χ1) is 20.1. The summed E-state index contributed by atoms with van der Waals surface area (Å²) in [6, 6.07) is 22.6. The van der Waals surface area contributed by atoms with Crippen LogP contribution >= 0.6 is 0 Å². The third-order valence-electron chi connectivity index (χ3n) is 6.14. The molecule has 3 aromatic heterocycles. The molecule has 5 N–H and O–H groups in total. The van der Waals surface area contributed by atoms with Crippen LogP contribution in [0.15, 0.2) is 95.4 Å². The Kier molecular flexibility index (Phi) is 8.20. The molecule has 0 saturated carbocycles. The van der Waals surface area contributed by atoms with E-state index < -0.39 is 5.91 Å². The quantitative estimate of drug-likeness (QED) is 0.128. The first kappa shape index (κ1) is 26.9. The predicted octanol–water partition coefficient (Wildman–Crippen LogP) is 5.45. The van der Waals surface area contributed by atoms with Crippen molar-refractivity contribution in [2.45, 2.75) is 13.8 Å². The molecular weight excluding hydrogens is 518 g/mol. The van der Waals surface area contributed by atoms with Crippen LogP contribution in [0.3, 0.4) is 0 Å². The van der Waals surface area contributed by atoms with Gasteiger partial charge < -0.3 is 19.7 Å². The molecule has 0 radical (unpaired) electrons. The maximum Gasteiger partial charge on any atom is 0.287 e. The van der Waals surface area contributed by atoms with E-state index in [1.807, 2.05) is 74.8 Å². The van der Waals surface area contributed by atoms with Crippen LogP contribution in [0, 0.1) is 0 Å². The smallest absolute Gasteiger partial charge is 0.287 e. The number of carbonyl (C=O) groups excluding carboxylic acids is 2. The molecule has 0 spiro atoms. The SMILES string of the molecule is CC.O=C(COc1ccc2[nH]c(C(=O)N/N=C/c3ccc4[nH]ccc4c3)cc2c1)N/N=C/c1ccc2[nH]ccc2c1. The van der Waals surface area contributed by atoms with Gasteiger partial charge in [0.15, 0.2) is 6.61 Å². The Labute approximate surface area is 235 Å². The zero-order valence-corrected chi connectivity index (χ0v) is 22.6. The van der Waals surface area contributed by atoms with Gasteiger partial charge in [-0.15, -0.1) is 0 Å². The Bertz CT molecular complexity index is 1880. The number of benzene rings is 3. The molecule has 3 heterocycles. The molecule has 0 saturated heterocycles. The fourth-order valence-corrected chi connectivity index (χ4v) is 4.21. The molecule has 206 valence electrons. The zero-order chi connectivity index (χ0) is 28.6. The van der Waals surface area contributed by atoms with Crippen molar-refractivity contribution in [1.29, 1.82) is 0 Å². The highest BCUT2D eigenvalue weighted by Gasteiger charge is 2.10. The minimum absolute atomic E-state index is 0.208. The van der Waals surface area contributed by atoms with Crippen LogP contribution in [0.25, 0.3) is 32.7 Å². The lowest BCUT2D eigenvalue weighted by atomic mass is 10.2. The van der Waals surface area contributed by atoms with Crippen LogP contribution in [-0.4, -0.2) is 45.8 Å². The molecule has 0 fully saturated rings. The Morgan fingerprint density at radius 2 is 1.34 bits per heavy atom. The number of hydrogen-bond acceptors (Lipinski definition) is 5. The molecule has 2 amide bonds. The molecule has 6 aromatic rings. The molecule has 6 rings (SSSR count). The topological polar surface area (TPSA) is 140 Å². The number of hydrogen-bond donors (Lipinski definition) is 5. The van der Waals surface area contributed by atoms with Crippen LogP contribution in [0.1, 0.15) is 35.5 Å². The lowest BCUT2D eigenvalue weighted by Crippen LogP contribution is -2.24. The van der Waals surface area contributed by atoms with Crippen molar-refractivity contribution in [3.63, 3.8) is 0 Å². The average Bonchev–Trinajstić information content (AvgIpc) is 3.76. The summed E-state index contributed by atoms with van der Waals surface area (Å²) in [5.41, 5.74) is 9.91. The van der Waals surface area contributed by atoms with Crippen molar-refractivity contribution in [1.82, 2.24) is 25.8 Å². The van der Waals surface area contributed by atoms with Gasteiger partial charge in [-0.1, -0.05) is 26.0 Å². The van der Waals surface area contributed by atoms with Crippen molar-refractivity contribution in [3.8, 4) is 5.75 Å². The van der Waals surface area contributed by atoms with E-state index in [4.69, 9.17) is 4.74 Å². The number of rotatable bonds is 8. The van der Waals surface area contributed by atoms with E-state index in [9.17, 15) is 9.59 Å². The van der Waals surface area contributed by atoms with Gasteiger partial charge in [0.2, 0.25) is 0 Å². The zero-order valence-electron chi connectivity index (χ0n) is 22.6. The van der Waals surface area contributed by atoms with Gasteiger partial charge in [-0.05, 0) is 82.6 Å². The number of carbonyl (C=O) groups is 2. The van der Waals surface area contributed by atoms with Gasteiger partial charge in [-0.25, -0.2) is 10.9 Å². The van der Waals surface area contributed by atoms with Gasteiger partial charge in [0.05, 0.1) is 12.4 Å². The molecule has 3 aromatic carbocycles. The van der Waals surface area contributed by atoms with E-state index in [2.05, 4.69) is 36.0 Å².